The maximum Gasteiger partial charge on any atom is 0.337 e. The number of carbonyl (C=O) groups is 2. The molecule has 0 aliphatic heterocycles. The third kappa shape index (κ3) is 5.15. The zero-order valence-corrected chi connectivity index (χ0v) is 18.7. The van der Waals surface area contributed by atoms with Crippen molar-refractivity contribution in [2.45, 2.75) is 19.8 Å². The SMILES string of the molecule is CCCCOc1ccc(-c2cnco2)cc1C(=O)Nc1cc(-c2ccccc2)ccc1C(=O)O. The van der Waals surface area contributed by atoms with Gasteiger partial charge in [-0.3, -0.25) is 4.79 Å². The first-order valence-corrected chi connectivity index (χ1v) is 11.0. The van der Waals surface area contributed by atoms with E-state index in [1.165, 1.54) is 12.5 Å². The van der Waals surface area contributed by atoms with Crippen LogP contribution in [0, 0.1) is 0 Å². The lowest BCUT2D eigenvalue weighted by Gasteiger charge is -2.15. The van der Waals surface area contributed by atoms with Gasteiger partial charge in [0, 0.05) is 5.56 Å². The Morgan fingerprint density at radius 2 is 1.76 bits per heavy atom. The number of rotatable bonds is 9. The molecule has 7 nitrogen and oxygen atoms in total. The predicted molar refractivity (Wildman–Crippen MR) is 129 cm³/mol. The Hall–Kier alpha value is -4.39. The van der Waals surface area contributed by atoms with E-state index in [2.05, 4.69) is 17.2 Å². The number of nitrogens with zero attached hydrogens (tertiary/aromatic N) is 1. The minimum absolute atomic E-state index is 0.00660. The molecule has 3 aromatic carbocycles. The monoisotopic (exact) mass is 456 g/mol. The number of carbonyl (C=O) groups excluding carboxylic acids is 1. The van der Waals surface area contributed by atoms with Gasteiger partial charge in [-0.1, -0.05) is 49.7 Å². The number of carboxylic acid groups (broad SMARTS) is 1. The van der Waals surface area contributed by atoms with E-state index in [4.69, 9.17) is 9.15 Å². The Morgan fingerprint density at radius 3 is 2.47 bits per heavy atom. The fourth-order valence-electron chi connectivity index (χ4n) is 3.51. The highest BCUT2D eigenvalue weighted by atomic mass is 16.5. The van der Waals surface area contributed by atoms with Crippen LogP contribution in [0.15, 0.2) is 83.7 Å². The summed E-state index contributed by atoms with van der Waals surface area (Å²) in [5.41, 5.74) is 2.81. The van der Waals surface area contributed by atoms with Gasteiger partial charge >= 0.3 is 5.97 Å². The van der Waals surface area contributed by atoms with Crippen molar-refractivity contribution in [1.82, 2.24) is 4.98 Å². The highest BCUT2D eigenvalue weighted by molar-refractivity contribution is 6.10. The number of hydrogen-bond donors (Lipinski definition) is 2. The molecule has 4 rings (SSSR count). The average molecular weight is 456 g/mol. The Morgan fingerprint density at radius 1 is 0.971 bits per heavy atom. The van der Waals surface area contributed by atoms with E-state index in [1.807, 2.05) is 30.3 Å². The topological polar surface area (TPSA) is 102 Å². The minimum atomic E-state index is -1.13. The number of benzene rings is 3. The number of aromatic nitrogens is 1. The zero-order valence-electron chi connectivity index (χ0n) is 18.7. The number of oxazole rings is 1. The van der Waals surface area contributed by atoms with Gasteiger partial charge < -0.3 is 19.6 Å². The molecule has 34 heavy (non-hydrogen) atoms. The molecular weight excluding hydrogens is 432 g/mol. The van der Waals surface area contributed by atoms with Crippen molar-refractivity contribution < 1.29 is 23.8 Å². The van der Waals surface area contributed by atoms with Gasteiger partial charge in [0.25, 0.3) is 5.91 Å². The molecule has 4 aromatic rings. The second-order valence-electron chi connectivity index (χ2n) is 7.66. The lowest BCUT2D eigenvalue weighted by Crippen LogP contribution is -2.16. The molecule has 1 heterocycles. The number of aromatic carboxylic acids is 1. The van der Waals surface area contributed by atoms with Crippen LogP contribution >= 0.6 is 0 Å². The number of anilines is 1. The highest BCUT2D eigenvalue weighted by Gasteiger charge is 2.19. The molecule has 172 valence electrons. The van der Waals surface area contributed by atoms with Crippen LogP contribution in [0.3, 0.4) is 0 Å². The van der Waals surface area contributed by atoms with Crippen LogP contribution in [0.1, 0.15) is 40.5 Å². The third-order valence-corrected chi connectivity index (χ3v) is 5.30. The summed E-state index contributed by atoms with van der Waals surface area (Å²) in [5, 5.41) is 12.5. The molecule has 0 saturated heterocycles. The highest BCUT2D eigenvalue weighted by Crippen LogP contribution is 2.30. The summed E-state index contributed by atoms with van der Waals surface area (Å²) in [7, 11) is 0. The van der Waals surface area contributed by atoms with E-state index in [1.54, 1.807) is 36.5 Å². The van der Waals surface area contributed by atoms with Gasteiger partial charge in [-0.05, 0) is 47.9 Å². The summed E-state index contributed by atoms with van der Waals surface area (Å²) in [4.78, 5) is 29.2. The van der Waals surface area contributed by atoms with Crippen LogP contribution < -0.4 is 10.1 Å². The number of carboxylic acids is 1. The molecule has 2 N–H and O–H groups in total. The number of ether oxygens (including phenoxy) is 1. The molecule has 0 saturated carbocycles. The normalized spacial score (nSPS) is 10.6. The number of amides is 1. The van der Waals surface area contributed by atoms with Gasteiger partial charge in [-0.25, -0.2) is 9.78 Å². The van der Waals surface area contributed by atoms with Gasteiger partial charge in [0.2, 0.25) is 0 Å². The van der Waals surface area contributed by atoms with Crippen LogP contribution in [0.4, 0.5) is 5.69 Å². The maximum atomic E-state index is 13.4. The van der Waals surface area contributed by atoms with Gasteiger partial charge in [0.1, 0.15) is 5.75 Å². The summed E-state index contributed by atoms with van der Waals surface area (Å²) >= 11 is 0. The van der Waals surface area contributed by atoms with Crippen molar-refractivity contribution in [2.75, 3.05) is 11.9 Å². The number of nitrogens with one attached hydrogen (secondary N) is 1. The molecule has 0 unspecified atom stereocenters. The molecule has 0 aliphatic carbocycles. The molecule has 0 aliphatic rings. The second kappa shape index (κ2) is 10.5. The molecule has 0 radical (unpaired) electrons. The fourth-order valence-corrected chi connectivity index (χ4v) is 3.51. The van der Waals surface area contributed by atoms with Crippen molar-refractivity contribution in [3.63, 3.8) is 0 Å². The first-order chi connectivity index (χ1) is 16.6. The maximum absolute atomic E-state index is 13.4. The first kappa shape index (κ1) is 22.8. The molecule has 1 amide bonds. The van der Waals surface area contributed by atoms with E-state index in [-0.39, 0.29) is 16.8 Å². The lowest BCUT2D eigenvalue weighted by atomic mass is 10.0. The standard InChI is InChI=1S/C27H24N2O5/c1-2-3-13-33-24-12-10-20(25-16-28-17-34-25)14-22(24)26(30)29-23-15-19(9-11-21(23)27(31)32)18-7-5-4-6-8-18/h4-12,14-17H,2-3,13H2,1H3,(H,29,30)(H,31,32). The Balaban J connectivity index is 1.71. The van der Waals surface area contributed by atoms with Crippen LogP contribution in [0.5, 0.6) is 5.75 Å². The van der Waals surface area contributed by atoms with E-state index in [0.29, 0.717) is 23.7 Å². The third-order valence-electron chi connectivity index (χ3n) is 5.30. The van der Waals surface area contributed by atoms with Crippen LogP contribution in [0.25, 0.3) is 22.5 Å². The Labute approximate surface area is 197 Å². The van der Waals surface area contributed by atoms with Crippen LogP contribution in [0.2, 0.25) is 0 Å². The number of unbranched alkanes of at least 4 members (excludes halogenated alkanes) is 1. The van der Waals surface area contributed by atoms with Crippen molar-refractivity contribution in [3.05, 3.63) is 90.4 Å². The van der Waals surface area contributed by atoms with Crippen molar-refractivity contribution >= 4 is 17.6 Å². The fraction of sp³-hybridized carbons (Fsp3) is 0.148. The minimum Gasteiger partial charge on any atom is -0.493 e. The molecule has 7 heteroatoms. The summed E-state index contributed by atoms with van der Waals surface area (Å²) in [6, 6.07) is 19.6. The molecular formula is C27H24N2O5. The van der Waals surface area contributed by atoms with Crippen molar-refractivity contribution in [1.29, 1.82) is 0 Å². The Kier molecular flexibility index (Phi) is 7.03. The summed E-state index contributed by atoms with van der Waals surface area (Å²) in [6.45, 7) is 2.51. The van der Waals surface area contributed by atoms with Gasteiger partial charge in [0.05, 0.1) is 29.6 Å². The predicted octanol–water partition coefficient (Wildman–Crippen LogP) is 6.14. The van der Waals surface area contributed by atoms with E-state index >= 15 is 0 Å². The smallest absolute Gasteiger partial charge is 0.337 e. The van der Waals surface area contributed by atoms with Gasteiger partial charge in [-0.2, -0.15) is 0 Å². The van der Waals surface area contributed by atoms with E-state index in [9.17, 15) is 14.7 Å². The quantitative estimate of drug-likeness (QED) is 0.293. The van der Waals surface area contributed by atoms with Gasteiger partial charge in [-0.15, -0.1) is 0 Å². The van der Waals surface area contributed by atoms with Crippen molar-refractivity contribution in [3.8, 4) is 28.2 Å². The molecule has 0 spiro atoms. The summed E-state index contributed by atoms with van der Waals surface area (Å²) < 4.78 is 11.2. The lowest BCUT2D eigenvalue weighted by molar-refractivity contribution is 0.0698. The average Bonchev–Trinajstić information content (AvgIpc) is 3.40. The molecule has 1 aromatic heterocycles. The zero-order chi connectivity index (χ0) is 23.9. The second-order valence-corrected chi connectivity index (χ2v) is 7.66. The number of hydrogen-bond acceptors (Lipinski definition) is 5. The van der Waals surface area contributed by atoms with Crippen LogP contribution in [-0.2, 0) is 0 Å². The van der Waals surface area contributed by atoms with E-state index < -0.39 is 11.9 Å². The Bertz CT molecular complexity index is 1280. The van der Waals surface area contributed by atoms with Crippen molar-refractivity contribution in [2.24, 2.45) is 0 Å². The van der Waals surface area contributed by atoms with Crippen LogP contribution in [-0.4, -0.2) is 28.6 Å². The summed E-state index contributed by atoms with van der Waals surface area (Å²) in [5.74, 6) is -0.706. The summed E-state index contributed by atoms with van der Waals surface area (Å²) in [6.07, 6.45) is 4.66. The molecule has 0 bridgehead atoms. The molecule has 0 atom stereocenters. The van der Waals surface area contributed by atoms with E-state index in [0.717, 1.165) is 24.0 Å². The van der Waals surface area contributed by atoms with Gasteiger partial charge in [0.15, 0.2) is 12.2 Å². The molecule has 0 fully saturated rings. The largest absolute Gasteiger partial charge is 0.493 e. The first-order valence-electron chi connectivity index (χ1n) is 11.0.